The Hall–Kier alpha value is -3.79. The van der Waals surface area contributed by atoms with E-state index in [-0.39, 0.29) is 11.4 Å². The van der Waals surface area contributed by atoms with Crippen LogP contribution >= 0.6 is 11.8 Å². The van der Waals surface area contributed by atoms with Gasteiger partial charge in [-0.05, 0) is 36.4 Å². The summed E-state index contributed by atoms with van der Waals surface area (Å²) in [6.07, 6.45) is 1.65. The van der Waals surface area contributed by atoms with Gasteiger partial charge in [0.05, 0.1) is 16.7 Å². The van der Waals surface area contributed by atoms with E-state index in [0.29, 0.717) is 45.9 Å². The second-order valence-electron chi connectivity index (χ2n) is 6.65. The zero-order chi connectivity index (χ0) is 21.4. The normalized spacial score (nSPS) is 11.4. The van der Waals surface area contributed by atoms with E-state index in [1.807, 2.05) is 22.6 Å². The van der Waals surface area contributed by atoms with Crippen molar-refractivity contribution in [3.8, 4) is 11.5 Å². The van der Waals surface area contributed by atoms with Crippen LogP contribution in [0.15, 0.2) is 75.7 Å². The summed E-state index contributed by atoms with van der Waals surface area (Å²) in [6.45, 7) is 4.05. The first kappa shape index (κ1) is 19.2. The van der Waals surface area contributed by atoms with Crippen molar-refractivity contribution in [1.82, 2.24) is 29.3 Å². The monoisotopic (exact) mass is 434 g/mol. The number of para-hydroxylation sites is 1. The minimum Gasteiger partial charge on any atom is -0.334 e. The predicted molar refractivity (Wildman–Crippen MR) is 114 cm³/mol. The molecule has 0 unspecified atom stereocenters. The van der Waals surface area contributed by atoms with Crippen molar-refractivity contribution in [2.75, 3.05) is 0 Å². The number of nitrogens with zero attached hydrogens (tertiary/aromatic N) is 6. The van der Waals surface area contributed by atoms with E-state index in [1.165, 1.54) is 28.5 Å². The van der Waals surface area contributed by atoms with Crippen LogP contribution < -0.4 is 5.56 Å². The number of aromatic nitrogens is 6. The number of hydrogen-bond donors (Lipinski definition) is 0. The minimum atomic E-state index is -0.333. The van der Waals surface area contributed by atoms with Gasteiger partial charge in [0.2, 0.25) is 5.78 Å². The van der Waals surface area contributed by atoms with Gasteiger partial charge in [-0.2, -0.15) is 4.98 Å². The molecule has 0 saturated carbocycles. The third-order valence-electron chi connectivity index (χ3n) is 4.68. The molecule has 0 saturated heterocycles. The summed E-state index contributed by atoms with van der Waals surface area (Å²) in [5.41, 5.74) is 1.21. The van der Waals surface area contributed by atoms with E-state index in [2.05, 4.69) is 26.9 Å². The van der Waals surface area contributed by atoms with Gasteiger partial charge in [0.15, 0.2) is 11.0 Å². The third-order valence-corrected chi connectivity index (χ3v) is 5.60. The Balaban J connectivity index is 1.50. The summed E-state index contributed by atoms with van der Waals surface area (Å²) in [5.74, 6) is 1.25. The maximum absolute atomic E-state index is 13.1. The number of allylic oxidation sites excluding steroid dienone is 1. The molecular weight excluding hydrogens is 419 g/mol. The SMILES string of the molecule is C=CCn1c(=O)c2ccccc2n2c(SCc3noc(-c4ccc(F)cc4)n3)nnc12. The summed E-state index contributed by atoms with van der Waals surface area (Å²) in [4.78, 5) is 17.2. The van der Waals surface area contributed by atoms with Gasteiger partial charge in [-0.3, -0.25) is 13.8 Å². The van der Waals surface area contributed by atoms with Crippen molar-refractivity contribution in [1.29, 1.82) is 0 Å². The molecule has 0 aliphatic heterocycles. The molecule has 31 heavy (non-hydrogen) atoms. The molecule has 154 valence electrons. The van der Waals surface area contributed by atoms with Crippen molar-refractivity contribution in [2.45, 2.75) is 17.5 Å². The lowest BCUT2D eigenvalue weighted by Gasteiger charge is -2.09. The smallest absolute Gasteiger partial charge is 0.263 e. The Bertz CT molecular complexity index is 1470. The number of halogens is 1. The van der Waals surface area contributed by atoms with Gasteiger partial charge in [0, 0.05) is 12.1 Å². The summed E-state index contributed by atoms with van der Waals surface area (Å²) < 4.78 is 21.8. The maximum Gasteiger partial charge on any atom is 0.263 e. The molecule has 0 aliphatic carbocycles. The predicted octanol–water partition coefficient (Wildman–Crippen LogP) is 3.71. The zero-order valence-corrected chi connectivity index (χ0v) is 16.9. The first-order valence-corrected chi connectivity index (χ1v) is 10.3. The molecule has 3 heterocycles. The highest BCUT2D eigenvalue weighted by molar-refractivity contribution is 7.98. The Kier molecular flexibility index (Phi) is 4.83. The number of hydrogen-bond acceptors (Lipinski definition) is 7. The van der Waals surface area contributed by atoms with E-state index in [9.17, 15) is 9.18 Å². The summed E-state index contributed by atoms with van der Waals surface area (Å²) in [7, 11) is 0. The van der Waals surface area contributed by atoms with Crippen LogP contribution in [0, 0.1) is 5.82 Å². The highest BCUT2D eigenvalue weighted by Gasteiger charge is 2.17. The van der Waals surface area contributed by atoms with E-state index in [4.69, 9.17) is 4.52 Å². The molecule has 0 aliphatic rings. The molecule has 5 rings (SSSR count). The number of rotatable bonds is 6. The lowest BCUT2D eigenvalue weighted by atomic mass is 10.2. The average molecular weight is 434 g/mol. The van der Waals surface area contributed by atoms with Gasteiger partial charge in [-0.1, -0.05) is 35.1 Å². The Morgan fingerprint density at radius 2 is 1.94 bits per heavy atom. The molecule has 8 nitrogen and oxygen atoms in total. The van der Waals surface area contributed by atoms with Gasteiger partial charge in [-0.25, -0.2) is 4.39 Å². The zero-order valence-electron chi connectivity index (χ0n) is 16.1. The molecule has 0 atom stereocenters. The van der Waals surface area contributed by atoms with Gasteiger partial charge < -0.3 is 4.52 Å². The fourth-order valence-electron chi connectivity index (χ4n) is 3.27. The summed E-state index contributed by atoms with van der Waals surface area (Å²) in [5, 5.41) is 13.7. The second-order valence-corrected chi connectivity index (χ2v) is 7.59. The summed E-state index contributed by atoms with van der Waals surface area (Å²) in [6, 6.07) is 13.2. The molecule has 5 aromatic rings. The van der Waals surface area contributed by atoms with Crippen LogP contribution in [0.4, 0.5) is 4.39 Å². The van der Waals surface area contributed by atoms with Crippen LogP contribution in [0.1, 0.15) is 5.82 Å². The van der Waals surface area contributed by atoms with Gasteiger partial charge in [-0.15, -0.1) is 16.8 Å². The maximum atomic E-state index is 13.1. The first-order valence-electron chi connectivity index (χ1n) is 9.34. The minimum absolute atomic E-state index is 0.144. The van der Waals surface area contributed by atoms with Crippen molar-refractivity contribution in [2.24, 2.45) is 0 Å². The highest BCUT2D eigenvalue weighted by atomic mass is 32.2. The van der Waals surface area contributed by atoms with E-state index in [1.54, 1.807) is 24.3 Å². The van der Waals surface area contributed by atoms with Crippen molar-refractivity contribution in [3.05, 3.63) is 83.2 Å². The molecule has 0 spiro atoms. The van der Waals surface area contributed by atoms with Gasteiger partial charge >= 0.3 is 0 Å². The fraction of sp³-hybridized carbons (Fsp3) is 0.0952. The quantitative estimate of drug-likeness (QED) is 0.297. The third kappa shape index (κ3) is 3.40. The molecule has 2 aromatic carbocycles. The van der Waals surface area contributed by atoms with E-state index in [0.717, 1.165) is 5.52 Å². The lowest BCUT2D eigenvalue weighted by Crippen LogP contribution is -2.22. The molecule has 0 radical (unpaired) electrons. The van der Waals surface area contributed by atoms with E-state index < -0.39 is 0 Å². The Morgan fingerprint density at radius 3 is 2.74 bits per heavy atom. The van der Waals surface area contributed by atoms with Crippen LogP contribution in [0.25, 0.3) is 28.1 Å². The van der Waals surface area contributed by atoms with Gasteiger partial charge in [0.25, 0.3) is 11.4 Å². The molecule has 0 fully saturated rings. The molecule has 0 amide bonds. The molecule has 10 heteroatoms. The molecule has 0 N–H and O–H groups in total. The standard InChI is InChI=1S/C21H15FN6O2S/c1-2-11-27-19(29)15-5-3-4-6-16(15)28-20(27)24-25-21(28)31-12-17-23-18(30-26-17)13-7-9-14(22)10-8-13/h2-10H,1,11-12H2. The fourth-order valence-corrected chi connectivity index (χ4v) is 4.06. The van der Waals surface area contributed by atoms with Gasteiger partial charge in [0.1, 0.15) is 5.82 Å². The van der Waals surface area contributed by atoms with Crippen LogP contribution in [0.2, 0.25) is 0 Å². The van der Waals surface area contributed by atoms with Crippen molar-refractivity contribution < 1.29 is 8.91 Å². The molecule has 3 aromatic heterocycles. The highest BCUT2D eigenvalue weighted by Crippen LogP contribution is 2.25. The van der Waals surface area contributed by atoms with Crippen molar-refractivity contribution in [3.63, 3.8) is 0 Å². The van der Waals surface area contributed by atoms with Crippen molar-refractivity contribution >= 4 is 28.4 Å². The summed E-state index contributed by atoms with van der Waals surface area (Å²) >= 11 is 1.37. The number of fused-ring (bicyclic) bond motifs is 3. The van der Waals surface area contributed by atoms with Crippen LogP contribution in [0.3, 0.4) is 0 Å². The largest absolute Gasteiger partial charge is 0.334 e. The molecule has 0 bridgehead atoms. The first-order chi connectivity index (χ1) is 15.2. The molecular formula is C21H15FN6O2S. The number of thioether (sulfide) groups is 1. The number of benzene rings is 2. The topological polar surface area (TPSA) is 91.1 Å². The second kappa shape index (κ2) is 7.80. The van der Waals surface area contributed by atoms with Crippen LogP contribution in [0.5, 0.6) is 0 Å². The average Bonchev–Trinajstić information content (AvgIpc) is 3.43. The lowest BCUT2D eigenvalue weighted by molar-refractivity contribution is 0.425. The Labute approximate surface area is 179 Å². The van der Waals surface area contributed by atoms with Crippen LogP contribution in [-0.2, 0) is 12.3 Å². The van der Waals surface area contributed by atoms with E-state index >= 15 is 0 Å². The Morgan fingerprint density at radius 1 is 1.13 bits per heavy atom. The van der Waals surface area contributed by atoms with Crippen LogP contribution in [-0.4, -0.2) is 29.3 Å².